The molecule has 0 radical (unpaired) electrons. The molecular weight excluding hydrogens is 387 g/mol. The molecule has 27 heavy (non-hydrogen) atoms. The average molecular weight is 406 g/mol. The summed E-state index contributed by atoms with van der Waals surface area (Å²) < 4.78 is 4.45. The van der Waals surface area contributed by atoms with E-state index in [9.17, 15) is 0 Å². The molecule has 128 valence electrons. The predicted molar refractivity (Wildman–Crippen MR) is 119 cm³/mol. The summed E-state index contributed by atoms with van der Waals surface area (Å²) in [7, 11) is 0. The van der Waals surface area contributed by atoms with Crippen LogP contribution in [0, 0.1) is 0 Å². The van der Waals surface area contributed by atoms with Crippen molar-refractivity contribution >= 4 is 49.3 Å². The summed E-state index contributed by atoms with van der Waals surface area (Å²) >= 11 is -1.66. The fourth-order valence-electron chi connectivity index (χ4n) is 3.80. The second kappa shape index (κ2) is 7.06. The molecule has 0 fully saturated rings. The summed E-state index contributed by atoms with van der Waals surface area (Å²) in [5.41, 5.74) is 0. The summed E-state index contributed by atoms with van der Waals surface area (Å²) in [6.07, 6.45) is 0. The van der Waals surface area contributed by atoms with Crippen molar-refractivity contribution in [1.29, 1.82) is 0 Å². The first kappa shape index (κ1) is 16.4. The van der Waals surface area contributed by atoms with Crippen molar-refractivity contribution in [2.24, 2.45) is 0 Å². The van der Waals surface area contributed by atoms with Gasteiger partial charge >= 0.3 is 165 Å². The molecule has 5 aromatic carbocycles. The number of hydrogen-bond acceptors (Lipinski definition) is 0. The first-order valence-electron chi connectivity index (χ1n) is 9.22. The van der Waals surface area contributed by atoms with Crippen molar-refractivity contribution in [3.05, 3.63) is 115 Å². The van der Waals surface area contributed by atoms with Gasteiger partial charge in [-0.3, -0.25) is 0 Å². The third-order valence-corrected chi connectivity index (χ3v) is 10.2. The molecule has 0 aromatic heterocycles. The summed E-state index contributed by atoms with van der Waals surface area (Å²) in [6, 6.07) is 42.2. The zero-order valence-corrected chi connectivity index (χ0v) is 16.8. The Labute approximate surface area is 164 Å². The van der Waals surface area contributed by atoms with Gasteiger partial charge in [-0.2, -0.15) is 0 Å². The van der Waals surface area contributed by atoms with Crippen LogP contribution in [0.5, 0.6) is 0 Å². The maximum atomic E-state index is 2.44. The molecule has 0 heterocycles. The molecule has 0 aliphatic heterocycles. The molecule has 0 aliphatic carbocycles. The van der Waals surface area contributed by atoms with E-state index in [1.165, 1.54) is 34.6 Å². The van der Waals surface area contributed by atoms with Crippen LogP contribution < -0.4 is 13.1 Å². The standard InChI is InChI=1S/C26H19As/c1-3-12-21(13-4-1)27(22-14-5-2-6-15-22)26-19-20-11-7-8-16-23(20)24-17-9-10-18-25(24)26/h1-19H. The number of fused-ring (bicyclic) bond motifs is 3. The Morgan fingerprint density at radius 1 is 0.407 bits per heavy atom. The fraction of sp³-hybridized carbons (Fsp3) is 0. The van der Waals surface area contributed by atoms with Gasteiger partial charge in [-0.25, -0.2) is 0 Å². The Kier molecular flexibility index (Phi) is 4.28. The van der Waals surface area contributed by atoms with Crippen LogP contribution in [0.15, 0.2) is 115 Å². The zero-order valence-electron chi connectivity index (χ0n) is 14.9. The minimum absolute atomic E-state index is 1.33. The second-order valence-electron chi connectivity index (χ2n) is 6.67. The fourth-order valence-corrected chi connectivity index (χ4v) is 9.04. The summed E-state index contributed by atoms with van der Waals surface area (Å²) in [6.45, 7) is 0. The Hall–Kier alpha value is -2.82. The van der Waals surface area contributed by atoms with E-state index in [1.807, 2.05) is 0 Å². The topological polar surface area (TPSA) is 0 Å². The van der Waals surface area contributed by atoms with Crippen molar-refractivity contribution in [3.8, 4) is 0 Å². The van der Waals surface area contributed by atoms with Gasteiger partial charge in [-0.05, 0) is 0 Å². The van der Waals surface area contributed by atoms with E-state index < -0.39 is 14.7 Å². The van der Waals surface area contributed by atoms with Gasteiger partial charge in [0.15, 0.2) is 0 Å². The molecule has 0 nitrogen and oxygen atoms in total. The molecule has 5 rings (SSSR count). The molecule has 5 aromatic rings. The van der Waals surface area contributed by atoms with Gasteiger partial charge < -0.3 is 0 Å². The van der Waals surface area contributed by atoms with Crippen LogP contribution in [0.4, 0.5) is 0 Å². The van der Waals surface area contributed by atoms with Crippen LogP contribution in [-0.4, -0.2) is 14.7 Å². The summed E-state index contributed by atoms with van der Waals surface area (Å²) in [5.74, 6) is 0. The molecule has 0 bridgehead atoms. The molecule has 0 saturated carbocycles. The Balaban J connectivity index is 1.87. The molecule has 0 amide bonds. The second-order valence-corrected chi connectivity index (χ2v) is 11.3. The Bertz CT molecular complexity index is 1170. The number of benzene rings is 5. The zero-order chi connectivity index (χ0) is 18.1. The summed E-state index contributed by atoms with van der Waals surface area (Å²) in [5, 5.41) is 5.42. The quantitative estimate of drug-likeness (QED) is 0.306. The summed E-state index contributed by atoms with van der Waals surface area (Å²) in [4.78, 5) is 0. The van der Waals surface area contributed by atoms with Crippen molar-refractivity contribution in [2.75, 3.05) is 0 Å². The van der Waals surface area contributed by atoms with Gasteiger partial charge in [0.05, 0.1) is 0 Å². The van der Waals surface area contributed by atoms with Crippen LogP contribution in [-0.2, 0) is 0 Å². The molecule has 0 saturated heterocycles. The van der Waals surface area contributed by atoms with E-state index in [0.717, 1.165) is 0 Å². The van der Waals surface area contributed by atoms with Crippen molar-refractivity contribution in [3.63, 3.8) is 0 Å². The molecule has 1 heteroatoms. The average Bonchev–Trinajstić information content (AvgIpc) is 2.76. The Morgan fingerprint density at radius 2 is 0.889 bits per heavy atom. The normalized spacial score (nSPS) is 11.3. The number of rotatable bonds is 3. The molecule has 0 N–H and O–H groups in total. The Morgan fingerprint density at radius 3 is 1.52 bits per heavy atom. The molecule has 0 atom stereocenters. The van der Waals surface area contributed by atoms with Gasteiger partial charge in [-0.1, -0.05) is 0 Å². The van der Waals surface area contributed by atoms with Gasteiger partial charge in [0, 0.05) is 0 Å². The van der Waals surface area contributed by atoms with E-state index in [-0.39, 0.29) is 0 Å². The van der Waals surface area contributed by atoms with Crippen LogP contribution in [0.2, 0.25) is 0 Å². The van der Waals surface area contributed by atoms with Crippen molar-refractivity contribution in [2.45, 2.75) is 0 Å². The monoisotopic (exact) mass is 406 g/mol. The van der Waals surface area contributed by atoms with Gasteiger partial charge in [-0.15, -0.1) is 0 Å². The van der Waals surface area contributed by atoms with Crippen LogP contribution in [0.25, 0.3) is 21.5 Å². The van der Waals surface area contributed by atoms with Crippen LogP contribution >= 0.6 is 0 Å². The molecule has 0 aliphatic rings. The molecule has 0 unspecified atom stereocenters. The first-order chi connectivity index (χ1) is 13.4. The minimum atomic E-state index is -1.66. The van der Waals surface area contributed by atoms with Crippen molar-refractivity contribution < 1.29 is 0 Å². The maximum absolute atomic E-state index is 2.44. The third-order valence-electron chi connectivity index (χ3n) is 5.02. The van der Waals surface area contributed by atoms with E-state index in [1.54, 1.807) is 0 Å². The van der Waals surface area contributed by atoms with Gasteiger partial charge in [0.25, 0.3) is 0 Å². The SMILES string of the molecule is c1ccc([As](c2ccccc2)c2cc3ccccc3c3ccccc23)cc1. The first-order valence-corrected chi connectivity index (χ1v) is 12.0. The van der Waals surface area contributed by atoms with Crippen molar-refractivity contribution in [1.82, 2.24) is 0 Å². The van der Waals surface area contributed by atoms with E-state index in [2.05, 4.69) is 115 Å². The van der Waals surface area contributed by atoms with Gasteiger partial charge in [0.1, 0.15) is 0 Å². The van der Waals surface area contributed by atoms with Crippen LogP contribution in [0.3, 0.4) is 0 Å². The molecular formula is C26H19As. The van der Waals surface area contributed by atoms with E-state index >= 15 is 0 Å². The predicted octanol–water partition coefficient (Wildman–Crippen LogP) is 4.51. The van der Waals surface area contributed by atoms with E-state index in [4.69, 9.17) is 0 Å². The number of hydrogen-bond donors (Lipinski definition) is 0. The van der Waals surface area contributed by atoms with Crippen LogP contribution in [0.1, 0.15) is 0 Å². The molecule has 0 spiro atoms. The third kappa shape index (κ3) is 2.97. The van der Waals surface area contributed by atoms with Gasteiger partial charge in [0.2, 0.25) is 0 Å². The van der Waals surface area contributed by atoms with E-state index in [0.29, 0.717) is 0 Å².